The van der Waals surface area contributed by atoms with Gasteiger partial charge in [-0.05, 0) is 68.9 Å². The van der Waals surface area contributed by atoms with E-state index in [2.05, 4.69) is 36.6 Å². The molecule has 1 heterocycles. The summed E-state index contributed by atoms with van der Waals surface area (Å²) in [5.41, 5.74) is 5.11. The molecule has 27 heavy (non-hydrogen) atoms. The minimum Gasteiger partial charge on any atom is -0.465 e. The Morgan fingerprint density at radius 1 is 1.11 bits per heavy atom. The topological polar surface area (TPSA) is 50.4 Å². The maximum atomic E-state index is 12.5. The number of fused-ring (bicyclic) bond motifs is 1. The van der Waals surface area contributed by atoms with E-state index in [1.807, 2.05) is 6.07 Å². The molecule has 0 fully saturated rings. The highest BCUT2D eigenvalue weighted by Gasteiger charge is 2.25. The van der Waals surface area contributed by atoms with E-state index < -0.39 is 0 Å². The van der Waals surface area contributed by atoms with Crippen molar-refractivity contribution in [2.24, 2.45) is 0 Å². The third-order valence-corrected chi connectivity index (χ3v) is 6.33. The maximum Gasteiger partial charge on any atom is 0.341 e. The molecule has 0 amide bonds. The van der Waals surface area contributed by atoms with Gasteiger partial charge in [-0.25, -0.2) is 4.79 Å². The van der Waals surface area contributed by atoms with E-state index >= 15 is 0 Å². The summed E-state index contributed by atoms with van der Waals surface area (Å²) in [6.45, 7) is 4.12. The van der Waals surface area contributed by atoms with E-state index in [-0.39, 0.29) is 5.97 Å². The number of anilines is 2. The van der Waals surface area contributed by atoms with Crippen molar-refractivity contribution in [3.05, 3.63) is 45.3 Å². The summed E-state index contributed by atoms with van der Waals surface area (Å²) in [4.78, 5) is 13.8. The number of ether oxygens (including phenoxy) is 1. The van der Waals surface area contributed by atoms with Crippen molar-refractivity contribution < 1.29 is 9.53 Å². The van der Waals surface area contributed by atoms with Gasteiger partial charge >= 0.3 is 5.97 Å². The van der Waals surface area contributed by atoms with Crippen molar-refractivity contribution in [3.63, 3.8) is 0 Å². The fourth-order valence-corrected chi connectivity index (χ4v) is 5.09. The number of benzene rings is 1. The molecule has 0 spiro atoms. The summed E-state index contributed by atoms with van der Waals surface area (Å²) in [7, 11) is 1.44. The Balaban J connectivity index is 1.85. The number of hydrogen-bond donors (Lipinski definition) is 2. The maximum absolute atomic E-state index is 12.5. The van der Waals surface area contributed by atoms with Gasteiger partial charge in [-0.1, -0.05) is 30.5 Å². The van der Waals surface area contributed by atoms with E-state index in [0.717, 1.165) is 41.1 Å². The zero-order valence-electron chi connectivity index (χ0n) is 16.1. The molecule has 0 unspecified atom stereocenters. The number of carbonyl (C=O) groups excluding carboxylic acids is 1. The van der Waals surface area contributed by atoms with Gasteiger partial charge < -0.3 is 15.4 Å². The number of hydrogen-bond acceptors (Lipinski definition) is 4. The largest absolute Gasteiger partial charge is 0.465 e. The van der Waals surface area contributed by atoms with E-state index in [0.29, 0.717) is 10.7 Å². The minimum absolute atomic E-state index is 0.287. The van der Waals surface area contributed by atoms with E-state index in [9.17, 15) is 4.79 Å². The van der Waals surface area contributed by atoms with Crippen LogP contribution in [-0.2, 0) is 17.6 Å². The van der Waals surface area contributed by atoms with Crippen LogP contribution in [0.15, 0.2) is 18.2 Å². The third kappa shape index (κ3) is 4.68. The van der Waals surface area contributed by atoms with Crippen LogP contribution in [0.25, 0.3) is 0 Å². The van der Waals surface area contributed by atoms with Crippen LogP contribution >= 0.6 is 23.6 Å². The van der Waals surface area contributed by atoms with Gasteiger partial charge in [0.2, 0.25) is 0 Å². The highest BCUT2D eigenvalue weighted by Crippen LogP contribution is 2.37. The van der Waals surface area contributed by atoms with Gasteiger partial charge in [0.05, 0.1) is 12.7 Å². The summed E-state index contributed by atoms with van der Waals surface area (Å²) in [5, 5.41) is 7.78. The number of carbonyl (C=O) groups is 1. The van der Waals surface area contributed by atoms with Crippen molar-refractivity contribution in [3.8, 4) is 0 Å². The molecule has 144 valence electrons. The standard InChI is InChI=1S/C21H26N2O2S2/c1-13-10-11-16(14(2)12-13)22-21(26)23-19-18(20(24)25-3)15-8-6-4-5-7-9-17(15)27-19/h10-12H,4-9H2,1-3H3,(H2,22,23,26). The molecule has 6 heteroatoms. The first-order chi connectivity index (χ1) is 13.0. The molecule has 0 saturated heterocycles. The van der Waals surface area contributed by atoms with Gasteiger partial charge in [0, 0.05) is 10.6 Å². The first-order valence-corrected chi connectivity index (χ1v) is 10.6. The Hall–Kier alpha value is -1.92. The monoisotopic (exact) mass is 402 g/mol. The van der Waals surface area contributed by atoms with Gasteiger partial charge in [-0.2, -0.15) is 0 Å². The molecule has 0 radical (unpaired) electrons. The molecular weight excluding hydrogens is 376 g/mol. The molecule has 2 N–H and O–H groups in total. The zero-order chi connectivity index (χ0) is 19.4. The highest BCUT2D eigenvalue weighted by molar-refractivity contribution is 7.80. The Labute approximate surface area is 170 Å². The van der Waals surface area contributed by atoms with E-state index in [4.69, 9.17) is 17.0 Å². The molecule has 0 bridgehead atoms. The fraction of sp³-hybridized carbons (Fsp3) is 0.429. The predicted molar refractivity (Wildman–Crippen MR) is 117 cm³/mol. The lowest BCUT2D eigenvalue weighted by atomic mass is 9.96. The Morgan fingerprint density at radius 3 is 2.56 bits per heavy atom. The number of thiocarbonyl (C=S) groups is 1. The molecule has 0 atom stereocenters. The number of esters is 1. The summed E-state index contributed by atoms with van der Waals surface area (Å²) in [6.07, 6.45) is 6.68. The van der Waals surface area contributed by atoms with Crippen LogP contribution in [0, 0.1) is 13.8 Å². The Kier molecular flexibility index (Phi) is 6.50. The predicted octanol–water partition coefficient (Wildman–Crippen LogP) is 5.62. The van der Waals surface area contributed by atoms with Gasteiger partial charge in [-0.15, -0.1) is 11.3 Å². The van der Waals surface area contributed by atoms with Crippen LogP contribution in [0.4, 0.5) is 10.7 Å². The lowest BCUT2D eigenvalue weighted by molar-refractivity contribution is 0.0601. The number of aryl methyl sites for hydroxylation is 3. The Bertz CT molecular complexity index is 858. The molecular formula is C21H26N2O2S2. The number of nitrogens with one attached hydrogen (secondary N) is 2. The van der Waals surface area contributed by atoms with Crippen molar-refractivity contribution >= 4 is 45.3 Å². The summed E-state index contributed by atoms with van der Waals surface area (Å²) < 4.78 is 5.07. The molecule has 0 saturated carbocycles. The van der Waals surface area contributed by atoms with Crippen LogP contribution in [0.2, 0.25) is 0 Å². The van der Waals surface area contributed by atoms with Crippen LogP contribution in [0.1, 0.15) is 57.6 Å². The van der Waals surface area contributed by atoms with E-state index in [1.165, 1.54) is 36.8 Å². The fourth-order valence-electron chi connectivity index (χ4n) is 3.54. The van der Waals surface area contributed by atoms with Gasteiger partial charge in [-0.3, -0.25) is 0 Å². The van der Waals surface area contributed by atoms with Crippen LogP contribution < -0.4 is 10.6 Å². The normalized spacial score (nSPS) is 13.9. The van der Waals surface area contributed by atoms with E-state index in [1.54, 1.807) is 11.3 Å². The molecule has 1 aromatic carbocycles. The average Bonchev–Trinajstić information content (AvgIpc) is 2.93. The van der Waals surface area contributed by atoms with Gasteiger partial charge in [0.15, 0.2) is 5.11 Å². The highest BCUT2D eigenvalue weighted by atomic mass is 32.1. The van der Waals surface area contributed by atoms with Gasteiger partial charge in [0.1, 0.15) is 5.00 Å². The lowest BCUT2D eigenvalue weighted by Gasteiger charge is -2.13. The average molecular weight is 403 g/mol. The lowest BCUT2D eigenvalue weighted by Crippen LogP contribution is -2.20. The molecule has 3 rings (SSSR count). The van der Waals surface area contributed by atoms with Crippen molar-refractivity contribution in [1.29, 1.82) is 0 Å². The molecule has 1 aliphatic carbocycles. The molecule has 1 aromatic heterocycles. The van der Waals surface area contributed by atoms with Crippen LogP contribution in [0.5, 0.6) is 0 Å². The SMILES string of the molecule is COC(=O)c1c(NC(=S)Nc2ccc(C)cc2C)sc2c1CCCCCC2. The minimum atomic E-state index is -0.287. The van der Waals surface area contributed by atoms with Crippen molar-refractivity contribution in [1.82, 2.24) is 0 Å². The summed E-state index contributed by atoms with van der Waals surface area (Å²) >= 11 is 7.15. The summed E-state index contributed by atoms with van der Waals surface area (Å²) in [5.74, 6) is -0.287. The molecule has 2 aromatic rings. The number of rotatable bonds is 3. The molecule has 1 aliphatic rings. The molecule has 4 nitrogen and oxygen atoms in total. The molecule has 0 aliphatic heterocycles. The van der Waals surface area contributed by atoms with Crippen molar-refractivity contribution in [2.45, 2.75) is 52.4 Å². The smallest absolute Gasteiger partial charge is 0.341 e. The second-order valence-corrected chi connectivity index (χ2v) is 8.52. The van der Waals surface area contributed by atoms with Crippen LogP contribution in [-0.4, -0.2) is 18.2 Å². The number of thiophene rings is 1. The number of methoxy groups -OCH3 is 1. The first kappa shape index (κ1) is 19.8. The zero-order valence-corrected chi connectivity index (χ0v) is 17.7. The Morgan fingerprint density at radius 2 is 1.85 bits per heavy atom. The van der Waals surface area contributed by atoms with Crippen molar-refractivity contribution in [2.75, 3.05) is 17.7 Å². The third-order valence-electron chi connectivity index (χ3n) is 4.92. The van der Waals surface area contributed by atoms with Gasteiger partial charge in [0.25, 0.3) is 0 Å². The first-order valence-electron chi connectivity index (χ1n) is 9.37. The second-order valence-electron chi connectivity index (χ2n) is 7.01. The van der Waals surface area contributed by atoms with Crippen LogP contribution in [0.3, 0.4) is 0 Å². The summed E-state index contributed by atoms with van der Waals surface area (Å²) in [6, 6.07) is 6.18. The quantitative estimate of drug-likeness (QED) is 0.515. The second kappa shape index (κ2) is 8.85.